The van der Waals surface area contributed by atoms with Gasteiger partial charge in [0.2, 0.25) is 0 Å². The Bertz CT molecular complexity index is 924. The van der Waals surface area contributed by atoms with E-state index in [-0.39, 0.29) is 22.2 Å². The Morgan fingerprint density at radius 1 is 1.23 bits per heavy atom. The Hall–Kier alpha value is -3.19. The van der Waals surface area contributed by atoms with E-state index in [4.69, 9.17) is 11.6 Å². The smallest absolute Gasteiger partial charge is 0.288 e. The molecule has 0 aliphatic rings. The molecule has 8 heteroatoms. The average molecular weight is 371 g/mol. The van der Waals surface area contributed by atoms with Gasteiger partial charge in [-0.15, -0.1) is 0 Å². The predicted octanol–water partition coefficient (Wildman–Crippen LogP) is 3.41. The summed E-state index contributed by atoms with van der Waals surface area (Å²) in [5.74, 6) is -0.377. The molecule has 1 heterocycles. The topological polar surface area (TPSA) is 90.1 Å². The monoisotopic (exact) mass is 370 g/mol. The lowest BCUT2D eigenvalue weighted by atomic mass is 10.1. The molecule has 3 rings (SSSR count). The summed E-state index contributed by atoms with van der Waals surface area (Å²) in [7, 11) is 0. The number of carbonyl (C=O) groups excluding carboxylic acids is 1. The molecule has 26 heavy (non-hydrogen) atoms. The molecule has 0 unspecified atom stereocenters. The number of rotatable bonds is 6. The van der Waals surface area contributed by atoms with Crippen LogP contribution in [-0.2, 0) is 6.42 Å². The van der Waals surface area contributed by atoms with Crippen molar-refractivity contribution in [3.05, 3.63) is 87.2 Å². The number of hydrogen-bond acceptors (Lipinski definition) is 4. The second-order valence-corrected chi connectivity index (χ2v) is 5.95. The van der Waals surface area contributed by atoms with Crippen LogP contribution in [0.2, 0.25) is 5.02 Å². The van der Waals surface area contributed by atoms with E-state index in [0.29, 0.717) is 13.0 Å². The largest absolute Gasteiger partial charge is 0.352 e. The highest BCUT2D eigenvalue weighted by molar-refractivity contribution is 6.32. The molecule has 0 saturated heterocycles. The van der Waals surface area contributed by atoms with Crippen LogP contribution in [0.4, 0.5) is 5.69 Å². The zero-order valence-electron chi connectivity index (χ0n) is 13.6. The minimum Gasteiger partial charge on any atom is -0.352 e. The van der Waals surface area contributed by atoms with Gasteiger partial charge >= 0.3 is 0 Å². The van der Waals surface area contributed by atoms with Gasteiger partial charge < -0.3 is 5.32 Å². The molecule has 1 amide bonds. The molecule has 0 saturated carbocycles. The second kappa shape index (κ2) is 7.79. The van der Waals surface area contributed by atoms with Gasteiger partial charge in [-0.05, 0) is 42.3 Å². The van der Waals surface area contributed by atoms with Gasteiger partial charge in [-0.3, -0.25) is 14.9 Å². The van der Waals surface area contributed by atoms with E-state index < -0.39 is 4.92 Å². The Kier molecular flexibility index (Phi) is 5.28. The van der Waals surface area contributed by atoms with Gasteiger partial charge in [-0.25, -0.2) is 4.68 Å². The summed E-state index contributed by atoms with van der Waals surface area (Å²) in [4.78, 5) is 22.4. The molecule has 0 aliphatic heterocycles. The van der Waals surface area contributed by atoms with Crippen LogP contribution in [0, 0.1) is 10.1 Å². The maximum Gasteiger partial charge on any atom is 0.288 e. The Morgan fingerprint density at radius 3 is 2.65 bits per heavy atom. The van der Waals surface area contributed by atoms with Crippen molar-refractivity contribution in [3.8, 4) is 5.69 Å². The first-order chi connectivity index (χ1) is 12.5. The van der Waals surface area contributed by atoms with E-state index in [9.17, 15) is 14.9 Å². The standard InChI is InChI=1S/C18H15ClN4O3/c19-16-7-4-14(12-17(16)23(25)26)18(24)20-10-8-13-2-5-15(6-3-13)22-11-1-9-21-22/h1-7,9,11-12H,8,10H2,(H,20,24). The third kappa shape index (κ3) is 4.07. The maximum absolute atomic E-state index is 12.1. The lowest BCUT2D eigenvalue weighted by Gasteiger charge is -2.07. The van der Waals surface area contributed by atoms with Crippen LogP contribution in [0.15, 0.2) is 60.9 Å². The van der Waals surface area contributed by atoms with Gasteiger partial charge in [0.25, 0.3) is 11.6 Å². The summed E-state index contributed by atoms with van der Waals surface area (Å²) in [6.45, 7) is 0.413. The van der Waals surface area contributed by atoms with Crippen molar-refractivity contribution < 1.29 is 9.72 Å². The third-order valence-electron chi connectivity index (χ3n) is 3.81. The van der Waals surface area contributed by atoms with Gasteiger partial charge in [0.05, 0.1) is 10.6 Å². The number of halogens is 1. The number of nitro benzene ring substituents is 1. The first-order valence-electron chi connectivity index (χ1n) is 7.86. The third-order valence-corrected chi connectivity index (χ3v) is 4.13. The summed E-state index contributed by atoms with van der Waals surface area (Å²) in [5, 5.41) is 17.8. The van der Waals surface area contributed by atoms with E-state index in [2.05, 4.69) is 10.4 Å². The summed E-state index contributed by atoms with van der Waals surface area (Å²) < 4.78 is 1.76. The highest BCUT2D eigenvalue weighted by atomic mass is 35.5. The number of benzene rings is 2. The van der Waals surface area contributed by atoms with Crippen molar-refractivity contribution in [1.82, 2.24) is 15.1 Å². The highest BCUT2D eigenvalue weighted by Gasteiger charge is 2.16. The van der Waals surface area contributed by atoms with E-state index in [1.54, 1.807) is 10.9 Å². The van der Waals surface area contributed by atoms with Gasteiger partial charge in [0, 0.05) is 30.6 Å². The van der Waals surface area contributed by atoms with Crippen molar-refractivity contribution in [1.29, 1.82) is 0 Å². The van der Waals surface area contributed by atoms with E-state index in [1.807, 2.05) is 36.5 Å². The first kappa shape index (κ1) is 17.6. The molecule has 2 aromatic carbocycles. The summed E-state index contributed by atoms with van der Waals surface area (Å²) in [6, 6.07) is 13.7. The number of nitro groups is 1. The van der Waals surface area contributed by atoms with Gasteiger partial charge in [-0.1, -0.05) is 23.7 Å². The number of nitrogens with zero attached hydrogens (tertiary/aromatic N) is 3. The molecule has 0 aliphatic carbocycles. The quantitative estimate of drug-likeness (QED) is 0.531. The van der Waals surface area contributed by atoms with Gasteiger partial charge in [0.1, 0.15) is 5.02 Å². The van der Waals surface area contributed by atoms with E-state index in [0.717, 1.165) is 11.3 Å². The number of hydrogen-bond donors (Lipinski definition) is 1. The molecule has 7 nitrogen and oxygen atoms in total. The number of aromatic nitrogens is 2. The summed E-state index contributed by atoms with van der Waals surface area (Å²) in [6.07, 6.45) is 4.21. The van der Waals surface area contributed by atoms with Crippen molar-refractivity contribution in [2.75, 3.05) is 6.54 Å². The SMILES string of the molecule is O=C(NCCc1ccc(-n2cccn2)cc1)c1ccc(Cl)c([N+](=O)[O-])c1. The summed E-state index contributed by atoms with van der Waals surface area (Å²) in [5.41, 5.74) is 1.93. The average Bonchev–Trinajstić information content (AvgIpc) is 3.17. The van der Waals surface area contributed by atoms with Crippen LogP contribution < -0.4 is 5.32 Å². The van der Waals surface area contributed by atoms with E-state index >= 15 is 0 Å². The van der Waals surface area contributed by atoms with Crippen LogP contribution >= 0.6 is 11.6 Å². The fraction of sp³-hybridized carbons (Fsp3) is 0.111. The lowest BCUT2D eigenvalue weighted by molar-refractivity contribution is -0.384. The zero-order chi connectivity index (χ0) is 18.5. The molecule has 0 fully saturated rings. The maximum atomic E-state index is 12.1. The Balaban J connectivity index is 1.57. The minimum atomic E-state index is -0.611. The van der Waals surface area contributed by atoms with Gasteiger partial charge in [0.15, 0.2) is 0 Å². The van der Waals surface area contributed by atoms with Crippen LogP contribution in [0.1, 0.15) is 15.9 Å². The molecule has 132 valence electrons. The normalized spacial score (nSPS) is 10.5. The molecule has 1 N–H and O–H groups in total. The molecule has 0 bridgehead atoms. The summed E-state index contributed by atoms with van der Waals surface area (Å²) >= 11 is 5.75. The Labute approximate surface area is 154 Å². The van der Waals surface area contributed by atoms with Crippen LogP contribution in [-0.4, -0.2) is 27.2 Å². The number of amides is 1. The van der Waals surface area contributed by atoms with E-state index in [1.165, 1.54) is 18.2 Å². The zero-order valence-corrected chi connectivity index (χ0v) is 14.4. The van der Waals surface area contributed by atoms with Crippen LogP contribution in [0.25, 0.3) is 5.69 Å². The highest BCUT2D eigenvalue weighted by Crippen LogP contribution is 2.24. The van der Waals surface area contributed by atoms with Crippen molar-refractivity contribution in [2.45, 2.75) is 6.42 Å². The van der Waals surface area contributed by atoms with Crippen LogP contribution in [0.5, 0.6) is 0 Å². The van der Waals surface area contributed by atoms with Crippen molar-refractivity contribution in [3.63, 3.8) is 0 Å². The fourth-order valence-electron chi connectivity index (χ4n) is 2.45. The van der Waals surface area contributed by atoms with Gasteiger partial charge in [-0.2, -0.15) is 5.10 Å². The minimum absolute atomic E-state index is 0.00354. The second-order valence-electron chi connectivity index (χ2n) is 5.55. The Morgan fingerprint density at radius 2 is 2.00 bits per heavy atom. The molecule has 0 spiro atoms. The first-order valence-corrected chi connectivity index (χ1v) is 8.23. The molecule has 1 aromatic heterocycles. The molecule has 3 aromatic rings. The van der Waals surface area contributed by atoms with Crippen LogP contribution in [0.3, 0.4) is 0 Å². The molecule has 0 atom stereocenters. The predicted molar refractivity (Wildman–Crippen MR) is 97.7 cm³/mol. The van der Waals surface area contributed by atoms with Crippen molar-refractivity contribution >= 4 is 23.2 Å². The number of carbonyl (C=O) groups is 1. The van der Waals surface area contributed by atoms with Crippen molar-refractivity contribution in [2.24, 2.45) is 0 Å². The lowest BCUT2D eigenvalue weighted by Crippen LogP contribution is -2.25. The molecular weight excluding hydrogens is 356 g/mol. The molecular formula is C18H15ClN4O3. The number of nitrogens with one attached hydrogen (secondary N) is 1. The fourth-order valence-corrected chi connectivity index (χ4v) is 2.64. The molecule has 0 radical (unpaired) electrons.